The molecule has 0 fully saturated rings. The van der Waals surface area contributed by atoms with E-state index in [0.29, 0.717) is 17.7 Å². The lowest BCUT2D eigenvalue weighted by atomic mass is 9.98. The average molecular weight is 267 g/mol. The van der Waals surface area contributed by atoms with Crippen molar-refractivity contribution in [2.75, 3.05) is 13.7 Å². The Kier molecular flexibility index (Phi) is 6.85. The van der Waals surface area contributed by atoms with Gasteiger partial charge in [-0.05, 0) is 43.4 Å². The van der Waals surface area contributed by atoms with Crippen molar-refractivity contribution >= 4 is 0 Å². The zero-order valence-electron chi connectivity index (χ0n) is 12.5. The van der Waals surface area contributed by atoms with Crippen molar-refractivity contribution in [1.82, 2.24) is 5.32 Å². The second-order valence-electron chi connectivity index (χ2n) is 5.50. The first-order valence-corrected chi connectivity index (χ1v) is 7.08. The lowest BCUT2D eigenvalue weighted by molar-refractivity contribution is 0.410. The molecule has 1 aromatic carbocycles. The predicted octanol–water partition coefficient (Wildman–Crippen LogP) is 3.79. The predicted molar refractivity (Wildman–Crippen MR) is 78.2 cm³/mol. The number of benzene rings is 1. The molecule has 1 unspecified atom stereocenters. The molecule has 0 heterocycles. The van der Waals surface area contributed by atoms with Gasteiger partial charge in [0, 0.05) is 12.1 Å². The van der Waals surface area contributed by atoms with E-state index in [4.69, 9.17) is 4.74 Å². The standard InChI is InChI=1S/C16H26FNO/c1-12(2)18-10-9-13(3)5-6-14-7-8-15(19-4)11-16(14)17/h7-8,11-13,18H,5-6,9-10H2,1-4H3. The number of nitrogens with one attached hydrogen (secondary N) is 1. The Bertz CT molecular complexity index is 379. The van der Waals surface area contributed by atoms with Crippen LogP contribution < -0.4 is 10.1 Å². The van der Waals surface area contributed by atoms with Gasteiger partial charge in [0.25, 0.3) is 0 Å². The Hall–Kier alpha value is -1.09. The Morgan fingerprint density at radius 2 is 1.95 bits per heavy atom. The molecule has 0 saturated carbocycles. The highest BCUT2D eigenvalue weighted by molar-refractivity contribution is 5.28. The van der Waals surface area contributed by atoms with E-state index < -0.39 is 0 Å². The largest absolute Gasteiger partial charge is 0.497 e. The minimum atomic E-state index is -0.160. The molecule has 108 valence electrons. The third-order valence-electron chi connectivity index (χ3n) is 3.36. The van der Waals surface area contributed by atoms with Crippen LogP contribution in [0.2, 0.25) is 0 Å². The first-order chi connectivity index (χ1) is 9.02. The molecule has 1 N–H and O–H groups in total. The number of methoxy groups -OCH3 is 1. The SMILES string of the molecule is COc1ccc(CCC(C)CCNC(C)C)c(F)c1. The second-order valence-corrected chi connectivity index (χ2v) is 5.50. The summed E-state index contributed by atoms with van der Waals surface area (Å²) in [5.41, 5.74) is 0.782. The summed E-state index contributed by atoms with van der Waals surface area (Å²) < 4.78 is 18.8. The van der Waals surface area contributed by atoms with E-state index in [1.54, 1.807) is 7.11 Å². The molecule has 1 atom stereocenters. The van der Waals surface area contributed by atoms with E-state index in [1.807, 2.05) is 12.1 Å². The number of halogens is 1. The van der Waals surface area contributed by atoms with Gasteiger partial charge >= 0.3 is 0 Å². The molecule has 2 nitrogen and oxygen atoms in total. The van der Waals surface area contributed by atoms with Gasteiger partial charge in [0.05, 0.1) is 7.11 Å². The number of ether oxygens (including phenoxy) is 1. The second kappa shape index (κ2) is 8.16. The first kappa shape index (κ1) is 16.0. The van der Waals surface area contributed by atoms with E-state index in [1.165, 1.54) is 6.07 Å². The zero-order valence-corrected chi connectivity index (χ0v) is 12.5. The Morgan fingerprint density at radius 1 is 1.21 bits per heavy atom. The average Bonchev–Trinajstić information content (AvgIpc) is 2.36. The molecule has 0 spiro atoms. The molecule has 0 aliphatic heterocycles. The Labute approximate surface area is 116 Å². The van der Waals surface area contributed by atoms with Crippen LogP contribution in [0, 0.1) is 11.7 Å². The molecule has 0 aliphatic carbocycles. The molecule has 0 bridgehead atoms. The van der Waals surface area contributed by atoms with Crippen molar-refractivity contribution < 1.29 is 9.13 Å². The van der Waals surface area contributed by atoms with Crippen LogP contribution in [0.15, 0.2) is 18.2 Å². The van der Waals surface area contributed by atoms with E-state index in [9.17, 15) is 4.39 Å². The number of hydrogen-bond donors (Lipinski definition) is 1. The van der Waals surface area contributed by atoms with Gasteiger partial charge in [-0.15, -0.1) is 0 Å². The quantitative estimate of drug-likeness (QED) is 0.773. The van der Waals surface area contributed by atoms with Crippen LogP contribution in [0.25, 0.3) is 0 Å². The summed E-state index contributed by atoms with van der Waals surface area (Å²) in [4.78, 5) is 0. The highest BCUT2D eigenvalue weighted by atomic mass is 19.1. The van der Waals surface area contributed by atoms with Crippen molar-refractivity contribution in [3.63, 3.8) is 0 Å². The summed E-state index contributed by atoms with van der Waals surface area (Å²) in [6, 6.07) is 5.64. The van der Waals surface area contributed by atoms with Gasteiger partial charge in [-0.2, -0.15) is 0 Å². The van der Waals surface area contributed by atoms with Crippen molar-refractivity contribution in [3.05, 3.63) is 29.6 Å². The highest BCUT2D eigenvalue weighted by Crippen LogP contribution is 2.19. The van der Waals surface area contributed by atoms with Crippen LogP contribution >= 0.6 is 0 Å². The van der Waals surface area contributed by atoms with Gasteiger partial charge in [0.15, 0.2) is 0 Å². The summed E-state index contributed by atoms with van der Waals surface area (Å²) in [7, 11) is 1.55. The van der Waals surface area contributed by atoms with Crippen molar-refractivity contribution in [2.45, 2.75) is 46.1 Å². The molecule has 0 aliphatic rings. The molecule has 0 amide bonds. The monoisotopic (exact) mass is 267 g/mol. The fraction of sp³-hybridized carbons (Fsp3) is 0.625. The molecule has 3 heteroatoms. The van der Waals surface area contributed by atoms with Crippen LogP contribution in [-0.2, 0) is 6.42 Å². The van der Waals surface area contributed by atoms with Crippen LogP contribution in [0.3, 0.4) is 0 Å². The summed E-state index contributed by atoms with van der Waals surface area (Å²) in [6.45, 7) is 7.56. The van der Waals surface area contributed by atoms with Crippen LogP contribution in [-0.4, -0.2) is 19.7 Å². The molecule has 0 aromatic heterocycles. The molecule has 0 radical (unpaired) electrons. The molecule has 1 aromatic rings. The lowest BCUT2D eigenvalue weighted by Gasteiger charge is -2.14. The summed E-state index contributed by atoms with van der Waals surface area (Å²) in [5.74, 6) is 1.02. The molecule has 19 heavy (non-hydrogen) atoms. The molecular weight excluding hydrogens is 241 g/mol. The van der Waals surface area contributed by atoms with Crippen LogP contribution in [0.1, 0.15) is 39.2 Å². The van der Waals surface area contributed by atoms with Gasteiger partial charge in [0.1, 0.15) is 11.6 Å². The third-order valence-corrected chi connectivity index (χ3v) is 3.36. The maximum absolute atomic E-state index is 13.8. The summed E-state index contributed by atoms with van der Waals surface area (Å²) in [5, 5.41) is 3.41. The van der Waals surface area contributed by atoms with Crippen molar-refractivity contribution in [1.29, 1.82) is 0 Å². The maximum atomic E-state index is 13.8. The van der Waals surface area contributed by atoms with E-state index >= 15 is 0 Å². The minimum Gasteiger partial charge on any atom is -0.497 e. The molecule has 1 rings (SSSR count). The number of hydrogen-bond acceptors (Lipinski definition) is 2. The van der Waals surface area contributed by atoms with Crippen molar-refractivity contribution in [2.24, 2.45) is 5.92 Å². The molecule has 0 saturated heterocycles. The summed E-state index contributed by atoms with van der Waals surface area (Å²) >= 11 is 0. The normalized spacial score (nSPS) is 12.7. The highest BCUT2D eigenvalue weighted by Gasteiger charge is 2.07. The summed E-state index contributed by atoms with van der Waals surface area (Å²) in [6.07, 6.45) is 2.94. The smallest absolute Gasteiger partial charge is 0.130 e. The van der Waals surface area contributed by atoms with Gasteiger partial charge in [-0.3, -0.25) is 0 Å². The topological polar surface area (TPSA) is 21.3 Å². The zero-order chi connectivity index (χ0) is 14.3. The van der Waals surface area contributed by atoms with Crippen LogP contribution in [0.5, 0.6) is 5.75 Å². The fourth-order valence-electron chi connectivity index (χ4n) is 2.02. The van der Waals surface area contributed by atoms with Crippen LogP contribution in [0.4, 0.5) is 4.39 Å². The van der Waals surface area contributed by atoms with E-state index in [-0.39, 0.29) is 5.82 Å². The fourth-order valence-corrected chi connectivity index (χ4v) is 2.02. The van der Waals surface area contributed by atoms with E-state index in [2.05, 4.69) is 26.1 Å². The van der Waals surface area contributed by atoms with Gasteiger partial charge in [0.2, 0.25) is 0 Å². The van der Waals surface area contributed by atoms with Gasteiger partial charge < -0.3 is 10.1 Å². The third kappa shape index (κ3) is 6.06. The number of aryl methyl sites for hydroxylation is 1. The van der Waals surface area contributed by atoms with Crippen molar-refractivity contribution in [3.8, 4) is 5.75 Å². The maximum Gasteiger partial charge on any atom is 0.130 e. The first-order valence-electron chi connectivity index (χ1n) is 7.08. The van der Waals surface area contributed by atoms with E-state index in [0.717, 1.165) is 31.4 Å². The Morgan fingerprint density at radius 3 is 2.53 bits per heavy atom. The lowest BCUT2D eigenvalue weighted by Crippen LogP contribution is -2.25. The Balaban J connectivity index is 2.35. The van der Waals surface area contributed by atoms with Gasteiger partial charge in [-0.25, -0.2) is 4.39 Å². The van der Waals surface area contributed by atoms with Gasteiger partial charge in [-0.1, -0.05) is 26.8 Å². The molecular formula is C16H26FNO. The minimum absolute atomic E-state index is 0.160. The number of rotatable bonds is 8.